The Balaban J connectivity index is 1.43. The molecule has 0 radical (unpaired) electrons. The van der Waals surface area contributed by atoms with E-state index in [0.717, 1.165) is 68.9 Å². The Morgan fingerprint density at radius 1 is 1.08 bits per heavy atom. The first-order chi connectivity index (χ1) is 12.3. The Hall–Kier alpha value is -2.18. The highest BCUT2D eigenvalue weighted by molar-refractivity contribution is 5.80. The molecule has 7 nitrogen and oxygen atoms in total. The maximum Gasteiger partial charge on any atom is 0.227 e. The predicted octanol–water partition coefficient (Wildman–Crippen LogP) is 1.84. The van der Waals surface area contributed by atoms with Crippen LogP contribution < -0.4 is 4.90 Å². The van der Waals surface area contributed by atoms with Gasteiger partial charge in [-0.25, -0.2) is 0 Å². The topological polar surface area (TPSA) is 66.6 Å². The van der Waals surface area contributed by atoms with E-state index in [1.165, 1.54) is 12.8 Å². The Kier molecular flexibility index (Phi) is 3.60. The normalized spacial score (nSPS) is 24.2. The lowest BCUT2D eigenvalue weighted by atomic mass is 9.96. The van der Waals surface area contributed by atoms with Crippen LogP contribution in [0.25, 0.3) is 5.65 Å². The van der Waals surface area contributed by atoms with Gasteiger partial charge in [0.15, 0.2) is 0 Å². The van der Waals surface area contributed by atoms with Crippen LogP contribution in [0.15, 0.2) is 12.4 Å². The van der Waals surface area contributed by atoms with Gasteiger partial charge in [-0.3, -0.25) is 4.79 Å². The maximum atomic E-state index is 12.8. The number of piperidine rings is 1. The molecular weight excluding hydrogens is 316 g/mol. The quantitative estimate of drug-likeness (QED) is 0.853. The summed E-state index contributed by atoms with van der Waals surface area (Å²) in [6.07, 6.45) is 8.46. The molecule has 132 valence electrons. The van der Waals surface area contributed by atoms with Crippen LogP contribution in [0.3, 0.4) is 0 Å². The minimum atomic E-state index is 0.104. The van der Waals surface area contributed by atoms with Gasteiger partial charge in [-0.05, 0) is 44.6 Å². The number of carbonyl (C=O) groups excluding carboxylic acids is 1. The molecular formula is C18H24N6O. The van der Waals surface area contributed by atoms with Crippen LogP contribution >= 0.6 is 0 Å². The van der Waals surface area contributed by atoms with Gasteiger partial charge in [-0.1, -0.05) is 0 Å². The van der Waals surface area contributed by atoms with E-state index in [4.69, 9.17) is 0 Å². The molecule has 1 atom stereocenters. The third kappa shape index (κ3) is 2.75. The number of fused-ring (bicyclic) bond motifs is 1. The number of likely N-dealkylation sites (tertiary alicyclic amines) is 1. The average Bonchev–Trinajstić information content (AvgIpc) is 3.16. The first-order valence-corrected chi connectivity index (χ1v) is 9.54. The first kappa shape index (κ1) is 15.1. The molecule has 0 spiro atoms. The fourth-order valence-electron chi connectivity index (χ4n) is 4.23. The van der Waals surface area contributed by atoms with E-state index in [1.807, 2.05) is 0 Å². The Bertz CT molecular complexity index is 792. The number of hydrogen-bond acceptors (Lipinski definition) is 5. The van der Waals surface area contributed by atoms with Crippen molar-refractivity contribution in [3.05, 3.63) is 18.1 Å². The molecule has 2 aliphatic heterocycles. The number of hydrogen-bond donors (Lipinski definition) is 0. The third-order valence-corrected chi connectivity index (χ3v) is 5.79. The van der Waals surface area contributed by atoms with E-state index in [-0.39, 0.29) is 5.92 Å². The van der Waals surface area contributed by atoms with Crippen molar-refractivity contribution >= 4 is 17.2 Å². The molecule has 2 aromatic heterocycles. The maximum absolute atomic E-state index is 12.8. The Morgan fingerprint density at radius 2 is 1.92 bits per heavy atom. The fraction of sp³-hybridized carbons (Fsp3) is 0.667. The molecule has 4 heterocycles. The summed E-state index contributed by atoms with van der Waals surface area (Å²) in [5, 5.41) is 13.0. The summed E-state index contributed by atoms with van der Waals surface area (Å²) in [4.78, 5) is 17.2. The highest BCUT2D eigenvalue weighted by Crippen LogP contribution is 2.40. The predicted molar refractivity (Wildman–Crippen MR) is 93.5 cm³/mol. The molecule has 0 aromatic carbocycles. The molecule has 1 amide bonds. The second-order valence-electron chi connectivity index (χ2n) is 7.65. The Morgan fingerprint density at radius 3 is 2.72 bits per heavy atom. The number of anilines is 1. The molecule has 0 N–H and O–H groups in total. The summed E-state index contributed by atoms with van der Waals surface area (Å²) in [5.74, 6) is 1.03. The minimum absolute atomic E-state index is 0.104. The minimum Gasteiger partial charge on any atom is -0.368 e. The summed E-state index contributed by atoms with van der Waals surface area (Å²) < 4.78 is 1.80. The molecule has 0 bridgehead atoms. The second-order valence-corrected chi connectivity index (χ2v) is 7.65. The SMILES string of the molecule is O=C(C1CCCN(c2cc(C3CC3)nn3cnnc23)C1)N1CCCC1. The standard InChI is InChI=1S/C18H24N6O/c25-18(22-7-1-2-8-22)14-4-3-9-23(11-14)16-10-15(13-5-6-13)21-24-12-19-20-17(16)24/h10,12-14H,1-9,11H2. The van der Waals surface area contributed by atoms with Crippen molar-refractivity contribution in [2.75, 3.05) is 31.1 Å². The van der Waals surface area contributed by atoms with Crippen molar-refractivity contribution in [3.8, 4) is 0 Å². The lowest BCUT2D eigenvalue weighted by Gasteiger charge is -2.35. The van der Waals surface area contributed by atoms with Gasteiger partial charge in [0.1, 0.15) is 6.33 Å². The lowest BCUT2D eigenvalue weighted by Crippen LogP contribution is -2.44. The van der Waals surface area contributed by atoms with Crippen molar-refractivity contribution in [1.29, 1.82) is 0 Å². The van der Waals surface area contributed by atoms with Crippen LogP contribution in [-0.2, 0) is 4.79 Å². The Labute approximate surface area is 147 Å². The molecule has 1 aliphatic carbocycles. The molecule has 5 rings (SSSR count). The van der Waals surface area contributed by atoms with Gasteiger partial charge in [0.25, 0.3) is 0 Å². The van der Waals surface area contributed by atoms with Crippen molar-refractivity contribution < 1.29 is 4.79 Å². The zero-order chi connectivity index (χ0) is 16.8. The highest BCUT2D eigenvalue weighted by Gasteiger charge is 2.33. The molecule has 1 unspecified atom stereocenters. The van der Waals surface area contributed by atoms with E-state index in [2.05, 4.69) is 31.2 Å². The van der Waals surface area contributed by atoms with Crippen molar-refractivity contribution in [1.82, 2.24) is 24.7 Å². The zero-order valence-electron chi connectivity index (χ0n) is 14.5. The van der Waals surface area contributed by atoms with Gasteiger partial charge in [0, 0.05) is 32.1 Å². The summed E-state index contributed by atoms with van der Waals surface area (Å²) in [6.45, 7) is 3.63. The molecule has 3 fully saturated rings. The zero-order valence-corrected chi connectivity index (χ0v) is 14.5. The first-order valence-electron chi connectivity index (χ1n) is 9.54. The van der Waals surface area contributed by atoms with Crippen molar-refractivity contribution in [2.24, 2.45) is 5.92 Å². The number of carbonyl (C=O) groups is 1. The van der Waals surface area contributed by atoms with Crippen molar-refractivity contribution in [2.45, 2.75) is 44.4 Å². The van der Waals surface area contributed by atoms with Crippen LogP contribution in [0.4, 0.5) is 5.69 Å². The van der Waals surface area contributed by atoms with E-state index < -0.39 is 0 Å². The summed E-state index contributed by atoms with van der Waals surface area (Å²) in [5.41, 5.74) is 3.03. The lowest BCUT2D eigenvalue weighted by molar-refractivity contribution is -0.134. The van der Waals surface area contributed by atoms with E-state index in [0.29, 0.717) is 11.8 Å². The molecule has 7 heteroatoms. The van der Waals surface area contributed by atoms with E-state index in [9.17, 15) is 4.79 Å². The summed E-state index contributed by atoms with van der Waals surface area (Å²) in [7, 11) is 0. The van der Waals surface area contributed by atoms with Gasteiger partial charge in [0.2, 0.25) is 11.6 Å². The second kappa shape index (κ2) is 5.97. The molecule has 3 aliphatic rings. The number of amides is 1. The smallest absolute Gasteiger partial charge is 0.227 e. The molecule has 1 saturated carbocycles. The molecule has 25 heavy (non-hydrogen) atoms. The van der Waals surface area contributed by atoms with Crippen LogP contribution in [0.1, 0.15) is 50.1 Å². The van der Waals surface area contributed by atoms with Crippen LogP contribution in [0, 0.1) is 5.92 Å². The number of aromatic nitrogens is 4. The summed E-state index contributed by atoms with van der Waals surface area (Å²) in [6, 6.07) is 2.18. The van der Waals surface area contributed by atoms with Crippen LogP contribution in [0.5, 0.6) is 0 Å². The van der Waals surface area contributed by atoms with E-state index >= 15 is 0 Å². The molecule has 2 aromatic rings. The number of rotatable bonds is 3. The van der Waals surface area contributed by atoms with Crippen LogP contribution in [0.2, 0.25) is 0 Å². The van der Waals surface area contributed by atoms with E-state index in [1.54, 1.807) is 10.8 Å². The van der Waals surface area contributed by atoms with Gasteiger partial charge in [-0.2, -0.15) is 9.61 Å². The van der Waals surface area contributed by atoms with Gasteiger partial charge >= 0.3 is 0 Å². The van der Waals surface area contributed by atoms with Gasteiger partial charge < -0.3 is 9.80 Å². The third-order valence-electron chi connectivity index (χ3n) is 5.79. The monoisotopic (exact) mass is 340 g/mol. The number of nitrogens with zero attached hydrogens (tertiary/aromatic N) is 6. The van der Waals surface area contributed by atoms with Gasteiger partial charge in [0.05, 0.1) is 17.3 Å². The summed E-state index contributed by atoms with van der Waals surface area (Å²) >= 11 is 0. The highest BCUT2D eigenvalue weighted by atomic mass is 16.2. The fourth-order valence-corrected chi connectivity index (χ4v) is 4.23. The largest absolute Gasteiger partial charge is 0.368 e. The van der Waals surface area contributed by atoms with Crippen molar-refractivity contribution in [3.63, 3.8) is 0 Å². The van der Waals surface area contributed by atoms with Gasteiger partial charge in [-0.15, -0.1) is 10.2 Å². The average molecular weight is 340 g/mol. The molecule has 2 saturated heterocycles. The van der Waals surface area contributed by atoms with Crippen LogP contribution in [-0.4, -0.2) is 56.8 Å².